The molecule has 0 amide bonds. The summed E-state index contributed by atoms with van der Waals surface area (Å²) in [5.41, 5.74) is 1.40. The van der Waals surface area contributed by atoms with Crippen LogP contribution in [0.15, 0.2) is 52.5 Å². The van der Waals surface area contributed by atoms with E-state index in [1.54, 1.807) is 32.3 Å². The number of phenols is 1. The zero-order valence-electron chi connectivity index (χ0n) is 17.6. The largest absolute Gasteiger partial charge is 0.508 e. The van der Waals surface area contributed by atoms with Gasteiger partial charge in [0.15, 0.2) is 0 Å². The van der Waals surface area contributed by atoms with Gasteiger partial charge in [-0.1, -0.05) is 6.07 Å². The highest BCUT2D eigenvalue weighted by atomic mass is 32.2. The van der Waals surface area contributed by atoms with Crippen molar-refractivity contribution in [1.82, 2.24) is 23.8 Å². The summed E-state index contributed by atoms with van der Waals surface area (Å²) in [6.45, 7) is 2.43. The fraction of sp³-hybridized carbons (Fsp3) is 0.333. The molecule has 0 saturated carbocycles. The van der Waals surface area contributed by atoms with Gasteiger partial charge in [-0.3, -0.25) is 9.36 Å². The number of aryl methyl sites for hydroxylation is 1. The fourth-order valence-electron chi connectivity index (χ4n) is 4.41. The van der Waals surface area contributed by atoms with E-state index in [1.807, 2.05) is 4.90 Å². The van der Waals surface area contributed by atoms with E-state index in [2.05, 4.69) is 15.0 Å². The van der Waals surface area contributed by atoms with E-state index in [0.29, 0.717) is 35.9 Å². The van der Waals surface area contributed by atoms with E-state index in [4.69, 9.17) is 0 Å². The minimum atomic E-state index is -3.74. The number of hydrogen-bond donors (Lipinski definition) is 1. The molecule has 0 radical (unpaired) electrons. The Balaban J connectivity index is 1.44. The van der Waals surface area contributed by atoms with Gasteiger partial charge >= 0.3 is 0 Å². The van der Waals surface area contributed by atoms with Crippen LogP contribution in [0.3, 0.4) is 0 Å². The molecule has 32 heavy (non-hydrogen) atoms. The molecular formula is C21H22N6O4S. The van der Waals surface area contributed by atoms with E-state index in [-0.39, 0.29) is 34.8 Å². The Morgan fingerprint density at radius 1 is 1.09 bits per heavy atom. The van der Waals surface area contributed by atoms with Crippen molar-refractivity contribution in [3.63, 3.8) is 0 Å². The Labute approximate surface area is 184 Å². The second-order valence-electron chi connectivity index (χ2n) is 8.15. The monoisotopic (exact) mass is 454 g/mol. The topological polar surface area (TPSA) is 122 Å². The minimum absolute atomic E-state index is 0.0437. The van der Waals surface area contributed by atoms with Crippen LogP contribution in [0.5, 0.6) is 5.75 Å². The summed E-state index contributed by atoms with van der Waals surface area (Å²) in [6, 6.07) is 7.19. The number of hydrogen-bond acceptors (Lipinski definition) is 8. The van der Waals surface area contributed by atoms with Crippen molar-refractivity contribution < 1.29 is 13.5 Å². The molecule has 3 aromatic rings. The number of aromatic nitrogens is 4. The Bertz CT molecular complexity index is 1360. The van der Waals surface area contributed by atoms with Gasteiger partial charge in [0.25, 0.3) is 5.56 Å². The lowest BCUT2D eigenvalue weighted by molar-refractivity contribution is 0.365. The van der Waals surface area contributed by atoms with E-state index >= 15 is 0 Å². The fourth-order valence-corrected chi connectivity index (χ4v) is 6.10. The van der Waals surface area contributed by atoms with Gasteiger partial charge in [-0.05, 0) is 31.0 Å². The first-order chi connectivity index (χ1) is 15.3. The third-order valence-corrected chi connectivity index (χ3v) is 8.10. The van der Waals surface area contributed by atoms with Gasteiger partial charge in [-0.15, -0.1) is 0 Å². The molecule has 2 atom stereocenters. The Morgan fingerprint density at radius 2 is 1.91 bits per heavy atom. The number of benzene rings is 1. The molecular weight excluding hydrogens is 432 g/mol. The van der Waals surface area contributed by atoms with Crippen LogP contribution in [0.25, 0.3) is 11.4 Å². The lowest BCUT2D eigenvalue weighted by Gasteiger charge is -2.34. The van der Waals surface area contributed by atoms with Crippen molar-refractivity contribution in [1.29, 1.82) is 0 Å². The zero-order valence-corrected chi connectivity index (χ0v) is 18.4. The number of sulfonamides is 1. The lowest BCUT2D eigenvalue weighted by Crippen LogP contribution is -2.50. The van der Waals surface area contributed by atoms with Crippen molar-refractivity contribution >= 4 is 16.0 Å². The van der Waals surface area contributed by atoms with Gasteiger partial charge < -0.3 is 10.0 Å². The van der Waals surface area contributed by atoms with Crippen LogP contribution in [-0.4, -0.2) is 62.5 Å². The number of rotatable bonds is 4. The maximum Gasteiger partial charge on any atom is 0.255 e. The van der Waals surface area contributed by atoms with Crippen molar-refractivity contribution in [2.75, 3.05) is 18.0 Å². The molecule has 166 valence electrons. The van der Waals surface area contributed by atoms with Crippen LogP contribution in [0.2, 0.25) is 0 Å². The summed E-state index contributed by atoms with van der Waals surface area (Å²) < 4.78 is 29.4. The molecule has 1 unspecified atom stereocenters. The SMILES string of the molecule is Cc1ccc(S(=O)(=O)N2C[C@@H]3CC2CN3c2nc(-c3ccncn3)cc(=O)n2C)cc1O. The average Bonchev–Trinajstić information content (AvgIpc) is 3.39. The number of nitrogens with zero attached hydrogens (tertiary/aromatic N) is 6. The van der Waals surface area contributed by atoms with Crippen molar-refractivity contribution in [2.45, 2.75) is 30.3 Å². The summed E-state index contributed by atoms with van der Waals surface area (Å²) >= 11 is 0. The van der Waals surface area contributed by atoms with Crippen LogP contribution in [0, 0.1) is 6.92 Å². The summed E-state index contributed by atoms with van der Waals surface area (Å²) in [5, 5.41) is 9.96. The molecule has 0 spiro atoms. The summed E-state index contributed by atoms with van der Waals surface area (Å²) in [7, 11) is -2.09. The third-order valence-electron chi connectivity index (χ3n) is 6.19. The lowest BCUT2D eigenvalue weighted by atomic mass is 10.2. The van der Waals surface area contributed by atoms with Crippen LogP contribution >= 0.6 is 0 Å². The molecule has 1 N–H and O–H groups in total. The van der Waals surface area contributed by atoms with E-state index in [1.165, 1.54) is 33.4 Å². The first-order valence-corrected chi connectivity index (χ1v) is 11.6. The second kappa shape index (κ2) is 7.38. The van der Waals surface area contributed by atoms with Gasteiger partial charge in [-0.2, -0.15) is 4.31 Å². The average molecular weight is 455 g/mol. The van der Waals surface area contributed by atoms with Crippen LogP contribution in [0.1, 0.15) is 12.0 Å². The molecule has 10 nitrogen and oxygen atoms in total. The summed E-state index contributed by atoms with van der Waals surface area (Å²) in [5.74, 6) is 0.446. The molecule has 2 aliphatic rings. The molecule has 11 heteroatoms. The highest BCUT2D eigenvalue weighted by Gasteiger charge is 2.49. The van der Waals surface area contributed by atoms with Crippen molar-refractivity contribution in [3.05, 3.63) is 58.8 Å². The van der Waals surface area contributed by atoms with Gasteiger partial charge in [0.1, 0.15) is 12.1 Å². The maximum absolute atomic E-state index is 13.2. The van der Waals surface area contributed by atoms with Gasteiger partial charge in [0.05, 0.1) is 16.3 Å². The quantitative estimate of drug-likeness (QED) is 0.617. The Kier molecular flexibility index (Phi) is 4.75. The van der Waals surface area contributed by atoms with Crippen LogP contribution in [-0.2, 0) is 17.1 Å². The smallest absolute Gasteiger partial charge is 0.255 e. The molecule has 2 aromatic heterocycles. The van der Waals surface area contributed by atoms with E-state index in [9.17, 15) is 18.3 Å². The highest BCUT2D eigenvalue weighted by Crippen LogP contribution is 2.37. The predicted molar refractivity (Wildman–Crippen MR) is 117 cm³/mol. The molecule has 2 bridgehead atoms. The molecule has 2 aliphatic heterocycles. The zero-order chi connectivity index (χ0) is 22.6. The molecule has 2 saturated heterocycles. The first-order valence-electron chi connectivity index (χ1n) is 10.2. The number of anilines is 1. The highest BCUT2D eigenvalue weighted by molar-refractivity contribution is 7.89. The van der Waals surface area contributed by atoms with Crippen LogP contribution < -0.4 is 10.5 Å². The van der Waals surface area contributed by atoms with Gasteiger partial charge in [0.2, 0.25) is 16.0 Å². The molecule has 5 rings (SSSR count). The number of fused-ring (bicyclic) bond motifs is 2. The second-order valence-corrected chi connectivity index (χ2v) is 10.0. The predicted octanol–water partition coefficient (Wildman–Crippen LogP) is 0.903. The third kappa shape index (κ3) is 3.24. The normalized spacial score (nSPS) is 20.8. The summed E-state index contributed by atoms with van der Waals surface area (Å²) in [4.78, 5) is 27.4. The Hall–Kier alpha value is -3.31. The molecule has 2 fully saturated rings. The maximum atomic E-state index is 13.2. The number of phenolic OH excluding ortho intramolecular Hbond substituents is 1. The van der Waals surface area contributed by atoms with Crippen molar-refractivity contribution in [3.8, 4) is 17.1 Å². The molecule has 0 aliphatic carbocycles. The van der Waals surface area contributed by atoms with E-state index < -0.39 is 10.0 Å². The van der Waals surface area contributed by atoms with Crippen LogP contribution in [0.4, 0.5) is 5.95 Å². The van der Waals surface area contributed by atoms with Gasteiger partial charge in [-0.25, -0.2) is 23.4 Å². The van der Waals surface area contributed by atoms with E-state index in [0.717, 1.165) is 0 Å². The standard InChI is InChI=1S/C21H22N6O4S/c1-13-3-4-16(8-19(13)28)32(30,31)27-11-14-7-15(27)10-26(14)21-24-18(9-20(29)25(21)2)17-5-6-22-12-23-17/h3-6,8-9,12,14-15,28H,7,10-11H2,1-2H3/t14-,15?/m0/s1. The summed E-state index contributed by atoms with van der Waals surface area (Å²) in [6.07, 6.45) is 3.63. The molecule has 4 heterocycles. The minimum Gasteiger partial charge on any atom is -0.508 e. The van der Waals surface area contributed by atoms with Crippen molar-refractivity contribution in [2.24, 2.45) is 7.05 Å². The number of piperazine rings is 1. The Morgan fingerprint density at radius 3 is 2.56 bits per heavy atom. The van der Waals surface area contributed by atoms with Gasteiger partial charge in [0, 0.05) is 50.6 Å². The first kappa shape index (κ1) is 20.6. The molecule has 1 aromatic carbocycles. The number of aromatic hydroxyl groups is 1.